The molecule has 144 valence electrons. The van der Waals surface area contributed by atoms with Crippen LogP contribution in [0.15, 0.2) is 27.6 Å². The van der Waals surface area contributed by atoms with Gasteiger partial charge in [0.15, 0.2) is 6.61 Å². The molecule has 26 heavy (non-hydrogen) atoms. The van der Waals surface area contributed by atoms with Gasteiger partial charge in [0.05, 0.1) is 12.0 Å². The Morgan fingerprint density at radius 2 is 1.88 bits per heavy atom. The number of rotatable bonds is 6. The van der Waals surface area contributed by atoms with E-state index in [2.05, 4.69) is 15.9 Å². The van der Waals surface area contributed by atoms with Crippen LogP contribution in [0.3, 0.4) is 0 Å². The number of halogens is 1. The number of piperazine rings is 1. The predicted molar refractivity (Wildman–Crippen MR) is 104 cm³/mol. The van der Waals surface area contributed by atoms with Crippen molar-refractivity contribution in [3.63, 3.8) is 0 Å². The van der Waals surface area contributed by atoms with E-state index in [1.165, 1.54) is 21.0 Å². The van der Waals surface area contributed by atoms with E-state index >= 15 is 0 Å². The van der Waals surface area contributed by atoms with Crippen molar-refractivity contribution in [3.8, 4) is 0 Å². The van der Waals surface area contributed by atoms with Gasteiger partial charge in [-0.25, -0.2) is 8.42 Å². The fraction of sp³-hybridized carbons (Fsp3) is 0.500. The summed E-state index contributed by atoms with van der Waals surface area (Å²) in [6, 6.07) is 5.79. The highest BCUT2D eigenvalue weighted by atomic mass is 79.9. The molecule has 0 atom stereocenters. The molecular formula is C16H21BrN2O5S2. The second-order valence-electron chi connectivity index (χ2n) is 5.90. The molecule has 1 aliphatic heterocycles. The summed E-state index contributed by atoms with van der Waals surface area (Å²) in [5.74, 6) is -0.644. The van der Waals surface area contributed by atoms with Crippen molar-refractivity contribution in [3.05, 3.63) is 28.2 Å². The van der Waals surface area contributed by atoms with E-state index in [-0.39, 0.29) is 31.4 Å². The van der Waals surface area contributed by atoms with Gasteiger partial charge in [-0.1, -0.05) is 15.9 Å². The maximum Gasteiger partial charge on any atom is 0.316 e. The molecule has 0 N–H and O–H groups in total. The SMILES string of the molecule is Cc1cc(Br)ccc1SCC(=O)OCC(=O)N1CCN(S(C)(=O)=O)CC1. The molecule has 1 amide bonds. The first kappa shape index (κ1) is 21.2. The molecule has 7 nitrogen and oxygen atoms in total. The quantitative estimate of drug-likeness (QED) is 0.468. The Hall–Kier alpha value is -1.10. The molecule has 2 rings (SSSR count). The van der Waals surface area contributed by atoms with Crippen LogP contribution in [0.5, 0.6) is 0 Å². The number of carbonyl (C=O) groups is 2. The molecule has 1 fully saturated rings. The number of thioether (sulfide) groups is 1. The van der Waals surface area contributed by atoms with Gasteiger partial charge < -0.3 is 9.64 Å². The smallest absolute Gasteiger partial charge is 0.316 e. The number of nitrogens with zero attached hydrogens (tertiary/aromatic N) is 2. The third-order valence-electron chi connectivity index (χ3n) is 3.90. The lowest BCUT2D eigenvalue weighted by molar-refractivity contribution is -0.150. The Labute approximate surface area is 166 Å². The van der Waals surface area contributed by atoms with Crippen LogP contribution >= 0.6 is 27.7 Å². The summed E-state index contributed by atoms with van der Waals surface area (Å²) in [6.07, 6.45) is 1.15. The lowest BCUT2D eigenvalue weighted by atomic mass is 10.2. The Morgan fingerprint density at radius 1 is 1.23 bits per heavy atom. The van der Waals surface area contributed by atoms with Crippen LogP contribution in [-0.2, 0) is 24.3 Å². The van der Waals surface area contributed by atoms with Gasteiger partial charge in [-0.2, -0.15) is 4.31 Å². The number of carbonyl (C=O) groups excluding carboxylic acids is 2. The minimum absolute atomic E-state index is 0.123. The first-order valence-corrected chi connectivity index (χ1v) is 11.6. The number of amides is 1. The molecule has 0 unspecified atom stereocenters. The molecule has 0 bridgehead atoms. The first-order valence-electron chi connectivity index (χ1n) is 7.94. The van der Waals surface area contributed by atoms with Gasteiger partial charge in [-0.15, -0.1) is 11.8 Å². The van der Waals surface area contributed by atoms with Crippen molar-refractivity contribution in [2.45, 2.75) is 11.8 Å². The summed E-state index contributed by atoms with van der Waals surface area (Å²) in [5.41, 5.74) is 1.05. The van der Waals surface area contributed by atoms with Crippen molar-refractivity contribution in [2.24, 2.45) is 0 Å². The number of hydrogen-bond acceptors (Lipinski definition) is 6. The van der Waals surface area contributed by atoms with E-state index in [1.807, 2.05) is 25.1 Å². The monoisotopic (exact) mass is 464 g/mol. The van der Waals surface area contributed by atoms with Crippen LogP contribution in [-0.4, -0.2) is 74.3 Å². The summed E-state index contributed by atoms with van der Waals surface area (Å²) in [5, 5.41) is 0. The van der Waals surface area contributed by atoms with Gasteiger partial charge in [0.25, 0.3) is 5.91 Å². The van der Waals surface area contributed by atoms with Gasteiger partial charge in [0.1, 0.15) is 0 Å². The van der Waals surface area contributed by atoms with Gasteiger partial charge in [-0.05, 0) is 30.7 Å². The predicted octanol–water partition coefficient (Wildman–Crippen LogP) is 1.50. The Morgan fingerprint density at radius 3 is 2.46 bits per heavy atom. The minimum atomic E-state index is -3.24. The summed E-state index contributed by atoms with van der Waals surface area (Å²) >= 11 is 4.75. The van der Waals surface area contributed by atoms with Crippen molar-refractivity contribution in [1.29, 1.82) is 0 Å². The molecule has 1 aromatic carbocycles. The molecule has 1 heterocycles. The lowest BCUT2D eigenvalue weighted by Crippen LogP contribution is -2.51. The Balaban J connectivity index is 1.73. The van der Waals surface area contributed by atoms with Crippen molar-refractivity contribution < 1.29 is 22.7 Å². The third-order valence-corrected chi connectivity index (χ3v) is 6.85. The first-order chi connectivity index (χ1) is 12.2. The zero-order valence-electron chi connectivity index (χ0n) is 14.6. The molecule has 0 radical (unpaired) electrons. The van der Waals surface area contributed by atoms with Gasteiger partial charge in [-0.3, -0.25) is 9.59 Å². The molecule has 0 saturated carbocycles. The topological polar surface area (TPSA) is 84.0 Å². The summed E-state index contributed by atoms with van der Waals surface area (Å²) in [6.45, 7) is 2.76. The maximum absolute atomic E-state index is 12.1. The van der Waals surface area contributed by atoms with E-state index in [0.29, 0.717) is 13.1 Å². The lowest BCUT2D eigenvalue weighted by Gasteiger charge is -2.33. The van der Waals surface area contributed by atoms with E-state index in [9.17, 15) is 18.0 Å². The van der Waals surface area contributed by atoms with Crippen LogP contribution < -0.4 is 0 Å². The highest BCUT2D eigenvalue weighted by molar-refractivity contribution is 9.10. The zero-order valence-corrected chi connectivity index (χ0v) is 17.8. The van der Waals surface area contributed by atoms with Crippen molar-refractivity contribution >= 4 is 49.6 Å². The van der Waals surface area contributed by atoms with E-state index in [0.717, 1.165) is 21.2 Å². The zero-order chi connectivity index (χ0) is 19.3. The van der Waals surface area contributed by atoms with Gasteiger partial charge in [0.2, 0.25) is 10.0 Å². The molecule has 0 aromatic heterocycles. The van der Waals surface area contributed by atoms with Crippen LogP contribution in [0.4, 0.5) is 0 Å². The number of aryl methyl sites for hydroxylation is 1. The van der Waals surface area contributed by atoms with Crippen molar-refractivity contribution in [2.75, 3.05) is 44.8 Å². The number of ether oxygens (including phenoxy) is 1. The molecule has 0 aliphatic carbocycles. The largest absolute Gasteiger partial charge is 0.455 e. The Kier molecular flexibility index (Phi) is 7.51. The number of hydrogen-bond donors (Lipinski definition) is 0. The van der Waals surface area contributed by atoms with Crippen LogP contribution in [0.2, 0.25) is 0 Å². The molecular weight excluding hydrogens is 444 g/mol. The summed E-state index contributed by atoms with van der Waals surface area (Å²) < 4.78 is 30.3. The maximum atomic E-state index is 12.1. The highest BCUT2D eigenvalue weighted by Crippen LogP contribution is 2.25. The second-order valence-corrected chi connectivity index (χ2v) is 9.82. The number of benzene rings is 1. The van der Waals surface area contributed by atoms with E-state index in [1.54, 1.807) is 0 Å². The summed E-state index contributed by atoms with van der Waals surface area (Å²) in [7, 11) is -3.24. The molecule has 1 aromatic rings. The average Bonchev–Trinajstić information content (AvgIpc) is 2.58. The van der Waals surface area contributed by atoms with Gasteiger partial charge >= 0.3 is 5.97 Å². The van der Waals surface area contributed by atoms with E-state index < -0.39 is 16.0 Å². The molecule has 1 saturated heterocycles. The van der Waals surface area contributed by atoms with E-state index in [4.69, 9.17) is 4.74 Å². The Bertz CT molecular complexity index is 777. The van der Waals surface area contributed by atoms with Crippen LogP contribution in [0, 0.1) is 6.92 Å². The minimum Gasteiger partial charge on any atom is -0.455 e. The number of sulfonamides is 1. The molecule has 0 spiro atoms. The highest BCUT2D eigenvalue weighted by Gasteiger charge is 2.26. The van der Waals surface area contributed by atoms with Crippen molar-refractivity contribution in [1.82, 2.24) is 9.21 Å². The fourth-order valence-corrected chi connectivity index (χ4v) is 4.57. The molecule has 10 heteroatoms. The van der Waals surface area contributed by atoms with Gasteiger partial charge in [0, 0.05) is 35.5 Å². The normalized spacial score (nSPS) is 15.7. The number of esters is 1. The summed E-state index contributed by atoms with van der Waals surface area (Å²) in [4.78, 5) is 26.4. The second kappa shape index (κ2) is 9.20. The third kappa shape index (κ3) is 6.26. The van der Waals surface area contributed by atoms with Crippen LogP contribution in [0.1, 0.15) is 5.56 Å². The fourth-order valence-electron chi connectivity index (χ4n) is 2.46. The standard InChI is InChI=1S/C16H21BrN2O5S2/c1-12-9-13(17)3-4-14(12)25-11-16(21)24-10-15(20)18-5-7-19(8-6-18)26(2,22)23/h3-4,9H,5-8,10-11H2,1-2H3. The average molecular weight is 465 g/mol. The molecule has 1 aliphatic rings. The van der Waals surface area contributed by atoms with Crippen LogP contribution in [0.25, 0.3) is 0 Å².